The molecule has 1 aromatic rings. The third-order valence-electron chi connectivity index (χ3n) is 3.32. The van der Waals surface area contributed by atoms with Gasteiger partial charge in [-0.05, 0) is 25.7 Å². The molecule has 0 amide bonds. The molecule has 0 radical (unpaired) electrons. The molecule has 5 heteroatoms. The summed E-state index contributed by atoms with van der Waals surface area (Å²) in [5.74, 6) is 1.18. The molecule has 0 unspecified atom stereocenters. The minimum atomic E-state index is -0.312. The van der Waals surface area contributed by atoms with Crippen molar-refractivity contribution < 1.29 is 9.26 Å². The van der Waals surface area contributed by atoms with Crippen molar-refractivity contribution in [1.29, 1.82) is 0 Å². The fourth-order valence-corrected chi connectivity index (χ4v) is 2.02. The van der Waals surface area contributed by atoms with Gasteiger partial charge in [-0.1, -0.05) is 18.5 Å². The van der Waals surface area contributed by atoms with E-state index in [0.29, 0.717) is 11.7 Å². The monoisotopic (exact) mass is 225 g/mol. The zero-order valence-electron chi connectivity index (χ0n) is 9.90. The third-order valence-corrected chi connectivity index (χ3v) is 3.32. The molecule has 5 nitrogen and oxygen atoms in total. The van der Waals surface area contributed by atoms with E-state index in [9.17, 15) is 0 Å². The fourth-order valence-electron chi connectivity index (χ4n) is 2.02. The van der Waals surface area contributed by atoms with Crippen LogP contribution in [0.3, 0.4) is 0 Å². The second kappa shape index (κ2) is 4.51. The lowest BCUT2D eigenvalue weighted by molar-refractivity contribution is -0.0858. The van der Waals surface area contributed by atoms with E-state index in [-0.39, 0.29) is 11.6 Å². The molecule has 90 valence electrons. The second-order valence-electron chi connectivity index (χ2n) is 4.40. The largest absolute Gasteiger partial charge is 0.370 e. The first-order valence-corrected chi connectivity index (χ1v) is 5.86. The minimum absolute atomic E-state index is 0.153. The minimum Gasteiger partial charge on any atom is -0.370 e. The first-order valence-electron chi connectivity index (χ1n) is 5.86. The summed E-state index contributed by atoms with van der Waals surface area (Å²) in [6.07, 6.45) is 4.95. The smallest absolute Gasteiger partial charge is 0.243 e. The van der Waals surface area contributed by atoms with Gasteiger partial charge in [-0.3, -0.25) is 0 Å². The Bertz CT molecular complexity index is 341. The highest BCUT2D eigenvalue weighted by atomic mass is 16.5. The Morgan fingerprint density at radius 3 is 2.81 bits per heavy atom. The first kappa shape index (κ1) is 11.5. The van der Waals surface area contributed by atoms with Crippen molar-refractivity contribution in [2.45, 2.75) is 50.7 Å². The average molecular weight is 225 g/mol. The standard InChI is InChI=1S/C11H19N3O2/c1-3-5-8(12)9-13-10(14-16-9)11(15-2)6-4-7-11/h8H,3-7,12H2,1-2H3/t8-/m0/s1. The molecular formula is C11H19N3O2. The van der Waals surface area contributed by atoms with Crippen molar-refractivity contribution in [2.24, 2.45) is 5.73 Å². The number of rotatable bonds is 5. The van der Waals surface area contributed by atoms with Crippen molar-refractivity contribution in [3.8, 4) is 0 Å². The number of ether oxygens (including phenoxy) is 1. The molecule has 16 heavy (non-hydrogen) atoms. The van der Waals surface area contributed by atoms with E-state index in [0.717, 1.165) is 32.1 Å². The van der Waals surface area contributed by atoms with Gasteiger partial charge in [0.05, 0.1) is 6.04 Å². The van der Waals surface area contributed by atoms with Gasteiger partial charge in [0, 0.05) is 7.11 Å². The predicted octanol–water partition coefficient (Wildman–Crippen LogP) is 1.90. The Labute approximate surface area is 95.3 Å². The van der Waals surface area contributed by atoms with E-state index in [1.807, 2.05) is 0 Å². The number of hydrogen-bond acceptors (Lipinski definition) is 5. The molecule has 2 rings (SSSR count). The highest BCUT2D eigenvalue weighted by molar-refractivity contribution is 5.07. The Morgan fingerprint density at radius 2 is 2.31 bits per heavy atom. The number of nitrogens with two attached hydrogens (primary N) is 1. The third kappa shape index (κ3) is 1.85. The van der Waals surface area contributed by atoms with Gasteiger partial charge in [0.15, 0.2) is 0 Å². The zero-order chi connectivity index (χ0) is 11.6. The summed E-state index contributed by atoms with van der Waals surface area (Å²) in [7, 11) is 1.70. The lowest BCUT2D eigenvalue weighted by Crippen LogP contribution is -2.37. The van der Waals surface area contributed by atoms with Gasteiger partial charge < -0.3 is 15.0 Å². The highest BCUT2D eigenvalue weighted by Gasteiger charge is 2.43. The molecule has 1 aromatic heterocycles. The van der Waals surface area contributed by atoms with Gasteiger partial charge in [0.2, 0.25) is 11.7 Å². The summed E-state index contributed by atoms with van der Waals surface area (Å²) in [6.45, 7) is 2.08. The molecule has 0 spiro atoms. The zero-order valence-corrected chi connectivity index (χ0v) is 9.90. The summed E-state index contributed by atoms with van der Waals surface area (Å²) in [6, 6.07) is -0.153. The van der Waals surface area contributed by atoms with Crippen LogP contribution in [0.25, 0.3) is 0 Å². The number of aromatic nitrogens is 2. The van der Waals surface area contributed by atoms with Gasteiger partial charge >= 0.3 is 0 Å². The maximum atomic E-state index is 5.93. The number of hydrogen-bond donors (Lipinski definition) is 1. The molecular weight excluding hydrogens is 206 g/mol. The van der Waals surface area contributed by atoms with Gasteiger partial charge in [-0.2, -0.15) is 4.98 Å². The number of methoxy groups -OCH3 is 1. The normalized spacial score (nSPS) is 20.4. The molecule has 1 atom stereocenters. The van der Waals surface area contributed by atoms with Crippen LogP contribution < -0.4 is 5.73 Å². The van der Waals surface area contributed by atoms with E-state index in [1.54, 1.807) is 7.11 Å². The summed E-state index contributed by atoms with van der Waals surface area (Å²) in [4.78, 5) is 4.37. The van der Waals surface area contributed by atoms with Crippen LogP contribution in [0, 0.1) is 0 Å². The summed E-state index contributed by atoms with van der Waals surface area (Å²) >= 11 is 0. The summed E-state index contributed by atoms with van der Waals surface area (Å²) in [5.41, 5.74) is 5.61. The average Bonchev–Trinajstić information content (AvgIpc) is 2.67. The highest BCUT2D eigenvalue weighted by Crippen LogP contribution is 2.42. The van der Waals surface area contributed by atoms with E-state index >= 15 is 0 Å². The van der Waals surface area contributed by atoms with Crippen molar-refractivity contribution in [3.63, 3.8) is 0 Å². The van der Waals surface area contributed by atoms with Crippen LogP contribution in [-0.2, 0) is 10.3 Å². The van der Waals surface area contributed by atoms with Crippen molar-refractivity contribution in [3.05, 3.63) is 11.7 Å². The van der Waals surface area contributed by atoms with E-state index in [2.05, 4.69) is 17.1 Å². The molecule has 0 saturated heterocycles. The van der Waals surface area contributed by atoms with Crippen molar-refractivity contribution in [2.75, 3.05) is 7.11 Å². The topological polar surface area (TPSA) is 74.2 Å². The predicted molar refractivity (Wildman–Crippen MR) is 58.7 cm³/mol. The Kier molecular flexibility index (Phi) is 3.25. The van der Waals surface area contributed by atoms with E-state index in [1.165, 1.54) is 0 Å². The summed E-state index contributed by atoms with van der Waals surface area (Å²) < 4.78 is 10.7. The molecule has 0 aromatic carbocycles. The maximum absolute atomic E-state index is 5.93. The van der Waals surface area contributed by atoms with Crippen molar-refractivity contribution >= 4 is 0 Å². The van der Waals surface area contributed by atoms with Crippen LogP contribution in [0.2, 0.25) is 0 Å². The molecule has 0 aliphatic heterocycles. The SMILES string of the molecule is CCC[C@H](N)c1nc(C2(OC)CCC2)no1. The van der Waals surface area contributed by atoms with Gasteiger partial charge in [-0.15, -0.1) is 0 Å². The van der Waals surface area contributed by atoms with Gasteiger partial charge in [0.25, 0.3) is 0 Å². The molecule has 1 saturated carbocycles. The second-order valence-corrected chi connectivity index (χ2v) is 4.40. The lowest BCUT2D eigenvalue weighted by atomic mass is 9.79. The van der Waals surface area contributed by atoms with Crippen LogP contribution >= 0.6 is 0 Å². The Morgan fingerprint density at radius 1 is 1.56 bits per heavy atom. The van der Waals surface area contributed by atoms with E-state index < -0.39 is 0 Å². The molecule has 2 N–H and O–H groups in total. The number of nitrogens with zero attached hydrogens (tertiary/aromatic N) is 2. The molecule has 1 heterocycles. The van der Waals surface area contributed by atoms with Gasteiger partial charge in [0.1, 0.15) is 5.60 Å². The Balaban J connectivity index is 2.12. The quantitative estimate of drug-likeness (QED) is 0.828. The van der Waals surface area contributed by atoms with Crippen LogP contribution in [0.15, 0.2) is 4.52 Å². The van der Waals surface area contributed by atoms with Crippen molar-refractivity contribution in [1.82, 2.24) is 10.1 Å². The maximum Gasteiger partial charge on any atom is 0.243 e. The molecule has 0 bridgehead atoms. The summed E-state index contributed by atoms with van der Waals surface area (Å²) in [5, 5.41) is 3.99. The lowest BCUT2D eigenvalue weighted by Gasteiger charge is -2.37. The van der Waals surface area contributed by atoms with Crippen LogP contribution in [0.4, 0.5) is 0 Å². The molecule has 1 aliphatic rings. The van der Waals surface area contributed by atoms with Gasteiger partial charge in [-0.25, -0.2) is 0 Å². The van der Waals surface area contributed by atoms with Crippen LogP contribution in [-0.4, -0.2) is 17.3 Å². The Hall–Kier alpha value is -0.940. The first-order chi connectivity index (χ1) is 7.72. The van der Waals surface area contributed by atoms with E-state index in [4.69, 9.17) is 15.0 Å². The van der Waals surface area contributed by atoms with Crippen LogP contribution in [0.5, 0.6) is 0 Å². The van der Waals surface area contributed by atoms with Crippen LogP contribution in [0.1, 0.15) is 56.8 Å². The molecule has 1 fully saturated rings. The molecule has 1 aliphatic carbocycles. The fraction of sp³-hybridized carbons (Fsp3) is 0.818.